The van der Waals surface area contributed by atoms with Crippen LogP contribution >= 0.6 is 0 Å². The molecule has 1 rings (SSSR count). The summed E-state index contributed by atoms with van der Waals surface area (Å²) in [6.45, 7) is 17.4. The number of likely N-dealkylation sites (N-methyl/N-ethyl adjacent to an activating group) is 1. The van der Waals surface area contributed by atoms with E-state index < -0.39 is 0 Å². The molecule has 1 N–H and O–H groups in total. The van der Waals surface area contributed by atoms with Crippen LogP contribution in [-0.2, 0) is 0 Å². The third kappa shape index (κ3) is 3.44. The van der Waals surface area contributed by atoms with Crippen LogP contribution in [0.3, 0.4) is 0 Å². The molecule has 0 aromatic heterocycles. The molecule has 0 bridgehead atoms. The molecule has 1 heterocycles. The van der Waals surface area contributed by atoms with Crippen molar-refractivity contribution in [1.82, 2.24) is 15.1 Å². The van der Waals surface area contributed by atoms with E-state index in [0.717, 1.165) is 6.54 Å². The van der Waals surface area contributed by atoms with Crippen molar-refractivity contribution in [2.24, 2.45) is 0 Å². The number of rotatable bonds is 3. The minimum atomic E-state index is 0.277. The second-order valence-corrected chi connectivity index (χ2v) is 6.49. The Balaban J connectivity index is 2.49. The van der Waals surface area contributed by atoms with Gasteiger partial charge < -0.3 is 5.32 Å². The van der Waals surface area contributed by atoms with Gasteiger partial charge in [0.1, 0.15) is 0 Å². The summed E-state index contributed by atoms with van der Waals surface area (Å²) >= 11 is 0. The number of nitrogens with zero attached hydrogens (tertiary/aromatic N) is 2. The van der Waals surface area contributed by atoms with Crippen molar-refractivity contribution in [3.63, 3.8) is 0 Å². The zero-order valence-electron chi connectivity index (χ0n) is 11.9. The molecular formula is C13H29N3. The summed E-state index contributed by atoms with van der Waals surface area (Å²) in [5, 5.41) is 3.29. The van der Waals surface area contributed by atoms with Crippen LogP contribution in [0.1, 0.15) is 34.6 Å². The monoisotopic (exact) mass is 227 g/mol. The molecule has 1 fully saturated rings. The molecule has 1 saturated heterocycles. The lowest BCUT2D eigenvalue weighted by Crippen LogP contribution is -2.60. The summed E-state index contributed by atoms with van der Waals surface area (Å²) in [7, 11) is 2.03. The van der Waals surface area contributed by atoms with Gasteiger partial charge >= 0.3 is 0 Å². The van der Waals surface area contributed by atoms with Crippen molar-refractivity contribution in [2.45, 2.75) is 45.7 Å². The molecule has 16 heavy (non-hydrogen) atoms. The van der Waals surface area contributed by atoms with E-state index in [-0.39, 0.29) is 5.54 Å². The van der Waals surface area contributed by atoms with Gasteiger partial charge in [-0.15, -0.1) is 0 Å². The molecule has 0 amide bonds. The molecule has 3 heteroatoms. The fraction of sp³-hybridized carbons (Fsp3) is 1.00. The summed E-state index contributed by atoms with van der Waals surface area (Å²) in [4.78, 5) is 5.19. The lowest BCUT2D eigenvalue weighted by Gasteiger charge is -2.47. The SMILES string of the molecule is CNCC(C)(C)N1CCN(C(C)(C)C)CC1. The number of hydrogen-bond acceptors (Lipinski definition) is 3. The normalized spacial score (nSPS) is 21.4. The molecule has 3 nitrogen and oxygen atoms in total. The quantitative estimate of drug-likeness (QED) is 0.786. The van der Waals surface area contributed by atoms with E-state index in [4.69, 9.17) is 0 Å². The van der Waals surface area contributed by atoms with Gasteiger partial charge in [0.25, 0.3) is 0 Å². The molecule has 96 valence electrons. The van der Waals surface area contributed by atoms with Gasteiger partial charge in [0.05, 0.1) is 0 Å². The molecule has 0 radical (unpaired) electrons. The van der Waals surface area contributed by atoms with Crippen LogP contribution in [0.5, 0.6) is 0 Å². The van der Waals surface area contributed by atoms with Crippen molar-refractivity contribution in [3.8, 4) is 0 Å². The summed E-state index contributed by atoms with van der Waals surface area (Å²) in [6.07, 6.45) is 0. The van der Waals surface area contributed by atoms with Gasteiger partial charge in [0.15, 0.2) is 0 Å². The molecule has 1 aliphatic heterocycles. The third-order valence-electron chi connectivity index (χ3n) is 3.69. The predicted octanol–water partition coefficient (Wildman–Crippen LogP) is 1.40. The fourth-order valence-corrected chi connectivity index (χ4v) is 2.53. The van der Waals surface area contributed by atoms with Crippen LogP contribution in [0, 0.1) is 0 Å². The Kier molecular flexibility index (Phi) is 4.38. The van der Waals surface area contributed by atoms with E-state index in [1.165, 1.54) is 26.2 Å². The highest BCUT2D eigenvalue weighted by Crippen LogP contribution is 2.20. The molecule has 0 aromatic rings. The highest BCUT2D eigenvalue weighted by molar-refractivity contribution is 4.89. The second kappa shape index (κ2) is 5.03. The molecule has 0 atom stereocenters. The van der Waals surface area contributed by atoms with Crippen LogP contribution < -0.4 is 5.32 Å². The molecule has 1 aliphatic rings. The molecule has 0 unspecified atom stereocenters. The van der Waals surface area contributed by atoms with Crippen molar-refractivity contribution in [3.05, 3.63) is 0 Å². The van der Waals surface area contributed by atoms with E-state index in [9.17, 15) is 0 Å². The van der Waals surface area contributed by atoms with Gasteiger partial charge in [-0.1, -0.05) is 0 Å². The van der Waals surface area contributed by atoms with E-state index in [1.807, 2.05) is 7.05 Å². The largest absolute Gasteiger partial charge is 0.318 e. The van der Waals surface area contributed by atoms with Gasteiger partial charge in [0, 0.05) is 43.8 Å². The van der Waals surface area contributed by atoms with Crippen LogP contribution in [0.25, 0.3) is 0 Å². The first-order valence-electron chi connectivity index (χ1n) is 6.42. The average Bonchev–Trinajstić information content (AvgIpc) is 2.16. The minimum Gasteiger partial charge on any atom is -0.318 e. The van der Waals surface area contributed by atoms with Gasteiger partial charge in [-0.3, -0.25) is 9.80 Å². The fourth-order valence-electron chi connectivity index (χ4n) is 2.53. The maximum atomic E-state index is 3.29. The lowest BCUT2D eigenvalue weighted by molar-refractivity contribution is 0.0154. The van der Waals surface area contributed by atoms with Gasteiger partial charge in [0.2, 0.25) is 0 Å². The van der Waals surface area contributed by atoms with Crippen LogP contribution in [0.15, 0.2) is 0 Å². The van der Waals surface area contributed by atoms with Crippen LogP contribution in [-0.4, -0.2) is 60.6 Å². The summed E-state index contributed by atoms with van der Waals surface area (Å²) < 4.78 is 0. The number of nitrogens with one attached hydrogen (secondary N) is 1. The Hall–Kier alpha value is -0.120. The van der Waals surface area contributed by atoms with Crippen LogP contribution in [0.4, 0.5) is 0 Å². The van der Waals surface area contributed by atoms with Gasteiger partial charge in [-0.05, 0) is 41.7 Å². The van der Waals surface area contributed by atoms with E-state index in [1.54, 1.807) is 0 Å². The maximum Gasteiger partial charge on any atom is 0.0278 e. The van der Waals surface area contributed by atoms with Gasteiger partial charge in [-0.2, -0.15) is 0 Å². The Bertz CT molecular complexity index is 210. The molecular weight excluding hydrogens is 198 g/mol. The molecule has 0 aromatic carbocycles. The average molecular weight is 227 g/mol. The Morgan fingerprint density at radius 2 is 1.31 bits per heavy atom. The Labute approximate surface area is 101 Å². The van der Waals surface area contributed by atoms with Crippen molar-refractivity contribution < 1.29 is 0 Å². The number of piperazine rings is 1. The summed E-state index contributed by atoms with van der Waals surface area (Å²) in [5.74, 6) is 0. The highest BCUT2D eigenvalue weighted by Gasteiger charge is 2.32. The topological polar surface area (TPSA) is 18.5 Å². The lowest BCUT2D eigenvalue weighted by atomic mass is 9.99. The first-order chi connectivity index (χ1) is 7.27. The van der Waals surface area contributed by atoms with E-state index >= 15 is 0 Å². The standard InChI is InChI=1S/C13H29N3/c1-12(2,3)15-7-9-16(10-8-15)13(4,5)11-14-6/h14H,7-11H2,1-6H3. The van der Waals surface area contributed by atoms with Gasteiger partial charge in [-0.25, -0.2) is 0 Å². The molecule has 0 spiro atoms. The molecule has 0 saturated carbocycles. The zero-order chi connectivity index (χ0) is 12.4. The first kappa shape index (κ1) is 13.9. The summed E-state index contributed by atoms with van der Waals surface area (Å²) in [6, 6.07) is 0. The van der Waals surface area contributed by atoms with Crippen LogP contribution in [0.2, 0.25) is 0 Å². The van der Waals surface area contributed by atoms with E-state index in [0.29, 0.717) is 5.54 Å². The first-order valence-corrected chi connectivity index (χ1v) is 6.42. The van der Waals surface area contributed by atoms with E-state index in [2.05, 4.69) is 49.7 Å². The minimum absolute atomic E-state index is 0.277. The Morgan fingerprint density at radius 3 is 1.69 bits per heavy atom. The summed E-state index contributed by atoms with van der Waals surface area (Å²) in [5.41, 5.74) is 0.595. The van der Waals surface area contributed by atoms with Crippen molar-refractivity contribution >= 4 is 0 Å². The van der Waals surface area contributed by atoms with Crippen molar-refractivity contribution in [1.29, 1.82) is 0 Å². The smallest absolute Gasteiger partial charge is 0.0278 e. The second-order valence-electron chi connectivity index (χ2n) is 6.49. The predicted molar refractivity (Wildman–Crippen MR) is 70.9 cm³/mol. The van der Waals surface area contributed by atoms with Crippen molar-refractivity contribution in [2.75, 3.05) is 39.8 Å². The maximum absolute atomic E-state index is 3.29. The molecule has 0 aliphatic carbocycles. The Morgan fingerprint density at radius 1 is 0.875 bits per heavy atom. The zero-order valence-corrected chi connectivity index (χ0v) is 11.9. The number of hydrogen-bond donors (Lipinski definition) is 1. The third-order valence-corrected chi connectivity index (χ3v) is 3.69. The highest BCUT2D eigenvalue weighted by atomic mass is 15.3.